The molecule has 1 fully saturated rings. The highest BCUT2D eigenvalue weighted by molar-refractivity contribution is 7.89. The fraction of sp³-hybridized carbons (Fsp3) is 0.533. The minimum atomic E-state index is -3.76. The lowest BCUT2D eigenvalue weighted by molar-refractivity contribution is -0.127. The first-order valence-corrected chi connectivity index (χ1v) is 9.75. The Hall–Kier alpha value is -2.44. The van der Waals surface area contributed by atoms with Crippen LogP contribution in [0.4, 0.5) is 4.79 Å². The van der Waals surface area contributed by atoms with E-state index < -0.39 is 34.0 Å². The van der Waals surface area contributed by atoms with Gasteiger partial charge in [-0.25, -0.2) is 18.0 Å². The van der Waals surface area contributed by atoms with Gasteiger partial charge in [0.25, 0.3) is 5.91 Å². The Morgan fingerprint density at radius 2 is 2.00 bits per heavy atom. The van der Waals surface area contributed by atoms with Crippen LogP contribution in [0.15, 0.2) is 17.2 Å². The van der Waals surface area contributed by atoms with Crippen LogP contribution < -0.4 is 10.6 Å². The number of morpholine rings is 1. The molecule has 0 aliphatic carbocycles. The maximum atomic E-state index is 12.5. The molecule has 1 unspecified atom stereocenters. The number of rotatable bonds is 6. The molecular formula is C15H22N4O7S. The summed E-state index contributed by atoms with van der Waals surface area (Å²) >= 11 is 0. The third-order valence-corrected chi connectivity index (χ3v) is 5.59. The van der Waals surface area contributed by atoms with E-state index in [1.165, 1.54) is 17.4 Å². The van der Waals surface area contributed by atoms with E-state index in [9.17, 15) is 22.8 Å². The summed E-state index contributed by atoms with van der Waals surface area (Å²) < 4.78 is 36.4. The van der Waals surface area contributed by atoms with Gasteiger partial charge in [0.2, 0.25) is 10.0 Å². The lowest BCUT2D eigenvalue weighted by Gasteiger charge is -2.25. The second-order valence-corrected chi connectivity index (χ2v) is 7.60. The maximum absolute atomic E-state index is 12.5. The molecule has 2 rings (SSSR count). The van der Waals surface area contributed by atoms with Crippen molar-refractivity contribution >= 4 is 27.9 Å². The van der Waals surface area contributed by atoms with Crippen LogP contribution in [0, 0.1) is 0 Å². The number of urea groups is 1. The summed E-state index contributed by atoms with van der Waals surface area (Å²) in [7, 11) is -3.76. The molecule has 1 saturated heterocycles. The van der Waals surface area contributed by atoms with E-state index in [1.807, 2.05) is 5.32 Å². The summed E-state index contributed by atoms with van der Waals surface area (Å²) in [6.07, 6.45) is -0.0661. The van der Waals surface area contributed by atoms with E-state index in [0.29, 0.717) is 19.8 Å². The summed E-state index contributed by atoms with van der Waals surface area (Å²) in [5.41, 5.74) is -0.125. The number of amides is 3. The lowest BCUT2D eigenvalue weighted by Crippen LogP contribution is -2.44. The van der Waals surface area contributed by atoms with Crippen LogP contribution in [0.5, 0.6) is 0 Å². The largest absolute Gasteiger partial charge is 0.448 e. The average molecular weight is 402 g/mol. The number of hydrogen-bond acceptors (Lipinski definition) is 7. The van der Waals surface area contributed by atoms with Gasteiger partial charge in [-0.15, -0.1) is 0 Å². The fourth-order valence-corrected chi connectivity index (χ4v) is 3.68. The van der Waals surface area contributed by atoms with Crippen LogP contribution in [0.1, 0.15) is 24.3 Å². The van der Waals surface area contributed by atoms with Crippen LogP contribution in [0.2, 0.25) is 0 Å². The Labute approximate surface area is 156 Å². The fourth-order valence-electron chi connectivity index (χ4n) is 2.27. The van der Waals surface area contributed by atoms with Gasteiger partial charge < -0.3 is 19.8 Å². The number of aromatic nitrogens is 1. The molecule has 1 atom stereocenters. The molecule has 12 heteroatoms. The van der Waals surface area contributed by atoms with E-state index in [0.717, 1.165) is 6.07 Å². The normalized spacial score (nSPS) is 16.4. The molecule has 3 amide bonds. The van der Waals surface area contributed by atoms with Gasteiger partial charge in [0.15, 0.2) is 6.10 Å². The molecule has 2 heterocycles. The zero-order valence-electron chi connectivity index (χ0n) is 15.0. The molecule has 0 bridgehead atoms. The first-order chi connectivity index (χ1) is 12.8. The summed E-state index contributed by atoms with van der Waals surface area (Å²) in [4.78, 5) is 37.7. The predicted octanol–water partition coefficient (Wildman–Crippen LogP) is -0.573. The van der Waals surface area contributed by atoms with Crippen LogP contribution in [0.3, 0.4) is 0 Å². The van der Waals surface area contributed by atoms with Crippen molar-refractivity contribution in [1.29, 1.82) is 0 Å². The number of aromatic amines is 1. The number of carbonyl (C=O) groups excluding carboxylic acids is 3. The van der Waals surface area contributed by atoms with E-state index in [4.69, 9.17) is 9.47 Å². The van der Waals surface area contributed by atoms with Crippen molar-refractivity contribution in [3.8, 4) is 0 Å². The zero-order valence-corrected chi connectivity index (χ0v) is 15.8. The van der Waals surface area contributed by atoms with Gasteiger partial charge in [0, 0.05) is 25.8 Å². The Morgan fingerprint density at radius 3 is 2.63 bits per heavy atom. The van der Waals surface area contributed by atoms with Crippen molar-refractivity contribution in [2.75, 3.05) is 32.8 Å². The summed E-state index contributed by atoms with van der Waals surface area (Å²) in [5, 5.41) is 4.39. The number of ether oxygens (including phenoxy) is 2. The Morgan fingerprint density at radius 1 is 1.33 bits per heavy atom. The van der Waals surface area contributed by atoms with Gasteiger partial charge in [-0.2, -0.15) is 4.31 Å². The molecule has 0 saturated carbocycles. The molecule has 1 aliphatic rings. The van der Waals surface area contributed by atoms with Gasteiger partial charge >= 0.3 is 12.0 Å². The predicted molar refractivity (Wildman–Crippen MR) is 92.5 cm³/mol. The molecule has 0 radical (unpaired) electrons. The molecule has 1 aliphatic heterocycles. The van der Waals surface area contributed by atoms with Gasteiger partial charge in [-0.3, -0.25) is 10.1 Å². The molecule has 3 N–H and O–H groups in total. The lowest BCUT2D eigenvalue weighted by atomic mass is 10.3. The second kappa shape index (κ2) is 8.97. The number of nitrogens with one attached hydrogen (secondary N) is 3. The van der Waals surface area contributed by atoms with E-state index in [-0.39, 0.29) is 23.7 Å². The highest BCUT2D eigenvalue weighted by Gasteiger charge is 2.29. The number of H-pyrrole nitrogens is 1. The number of esters is 1. The quantitative estimate of drug-likeness (QED) is 0.540. The molecular weight excluding hydrogens is 380 g/mol. The highest BCUT2D eigenvalue weighted by Crippen LogP contribution is 2.18. The first-order valence-electron chi connectivity index (χ1n) is 8.31. The standard InChI is InChI=1S/C15H22N4O7S/c1-3-16-15(22)18-13(20)10(2)26-14(21)12-8-11(9-17-12)27(23,24)19-4-6-25-7-5-19/h8-10,17H,3-7H2,1-2H3,(H2,16,18,20,22). The molecule has 27 heavy (non-hydrogen) atoms. The van der Waals surface area contributed by atoms with Gasteiger partial charge in [-0.05, 0) is 19.9 Å². The van der Waals surface area contributed by atoms with Gasteiger partial charge in [0.05, 0.1) is 13.2 Å². The van der Waals surface area contributed by atoms with Crippen molar-refractivity contribution < 1.29 is 32.3 Å². The molecule has 0 spiro atoms. The van der Waals surface area contributed by atoms with Crippen molar-refractivity contribution in [2.24, 2.45) is 0 Å². The third-order valence-electron chi connectivity index (χ3n) is 3.71. The molecule has 0 aromatic carbocycles. The molecule has 150 valence electrons. The van der Waals surface area contributed by atoms with Crippen LogP contribution in [-0.4, -0.2) is 74.6 Å². The molecule has 11 nitrogen and oxygen atoms in total. The monoisotopic (exact) mass is 402 g/mol. The smallest absolute Gasteiger partial charge is 0.355 e. The Balaban J connectivity index is 1.99. The van der Waals surface area contributed by atoms with Gasteiger partial charge in [0.1, 0.15) is 10.6 Å². The van der Waals surface area contributed by atoms with E-state index in [1.54, 1.807) is 6.92 Å². The summed E-state index contributed by atoms with van der Waals surface area (Å²) in [5.74, 6) is -1.72. The minimum absolute atomic E-state index is 0.0872. The van der Waals surface area contributed by atoms with E-state index >= 15 is 0 Å². The highest BCUT2D eigenvalue weighted by atomic mass is 32.2. The van der Waals surface area contributed by atoms with Crippen molar-refractivity contribution in [2.45, 2.75) is 24.8 Å². The Bertz CT molecular complexity index is 799. The number of carbonyl (C=O) groups is 3. The zero-order chi connectivity index (χ0) is 20.0. The van der Waals surface area contributed by atoms with Crippen LogP contribution in [0.25, 0.3) is 0 Å². The van der Waals surface area contributed by atoms with Crippen molar-refractivity contribution in [3.63, 3.8) is 0 Å². The molecule has 1 aromatic heterocycles. The van der Waals surface area contributed by atoms with Gasteiger partial charge in [-0.1, -0.05) is 0 Å². The minimum Gasteiger partial charge on any atom is -0.448 e. The van der Waals surface area contributed by atoms with Crippen molar-refractivity contribution in [3.05, 3.63) is 18.0 Å². The summed E-state index contributed by atoms with van der Waals surface area (Å²) in [6, 6.07) is 0.436. The first kappa shape index (κ1) is 20.9. The topological polar surface area (TPSA) is 147 Å². The van der Waals surface area contributed by atoms with Crippen molar-refractivity contribution in [1.82, 2.24) is 19.9 Å². The number of imide groups is 1. The van der Waals surface area contributed by atoms with Crippen LogP contribution in [-0.2, 0) is 24.3 Å². The number of nitrogens with zero attached hydrogens (tertiary/aromatic N) is 1. The maximum Gasteiger partial charge on any atom is 0.355 e. The van der Waals surface area contributed by atoms with E-state index in [2.05, 4.69) is 10.3 Å². The summed E-state index contributed by atoms with van der Waals surface area (Å²) in [6.45, 7) is 4.36. The number of hydrogen-bond donors (Lipinski definition) is 3. The molecule has 1 aromatic rings. The SMILES string of the molecule is CCNC(=O)NC(=O)C(C)OC(=O)c1cc(S(=O)(=O)N2CCOCC2)c[nH]1. The average Bonchev–Trinajstić information content (AvgIpc) is 3.13. The Kier molecular flexibility index (Phi) is 6.93. The third kappa shape index (κ3) is 5.28. The van der Waals surface area contributed by atoms with Crippen LogP contribution >= 0.6 is 0 Å². The second-order valence-electron chi connectivity index (χ2n) is 5.66. The number of sulfonamides is 1.